The first-order valence-electron chi connectivity index (χ1n) is 9.85. The van der Waals surface area contributed by atoms with Crippen LogP contribution in [0.5, 0.6) is 5.75 Å². The van der Waals surface area contributed by atoms with E-state index in [0.29, 0.717) is 0 Å². The molecule has 0 fully saturated rings. The highest BCUT2D eigenvalue weighted by Crippen LogP contribution is 2.26. The minimum atomic E-state index is -0.0734. The Morgan fingerprint density at radius 3 is 2.42 bits per heavy atom. The molecule has 3 nitrogen and oxygen atoms in total. The molecule has 136 valence electrons. The molecule has 1 N–H and O–H groups in total. The van der Waals surface area contributed by atoms with Crippen molar-refractivity contribution in [1.29, 1.82) is 0 Å². The minimum absolute atomic E-state index is 0.000493. The highest BCUT2D eigenvalue weighted by atomic mass is 16.5. The predicted molar refractivity (Wildman–Crippen MR) is 104 cm³/mol. The van der Waals surface area contributed by atoms with Gasteiger partial charge in [-0.15, -0.1) is 0 Å². The van der Waals surface area contributed by atoms with Crippen molar-refractivity contribution in [1.82, 2.24) is 5.32 Å². The molecule has 0 saturated heterocycles. The van der Waals surface area contributed by atoms with E-state index < -0.39 is 0 Å². The average molecular weight is 349 g/mol. The number of aryl methyl sites for hydroxylation is 4. The standard InChI is InChI=1S/C23H27NO2/c1-16(19-10-9-18-7-4-8-20(18)13-19)24-23(25)15-26-22-12-11-17-5-2-3-6-21(17)14-22/h9-14,16H,2-8,15H2,1H3,(H,24,25)/t16-/m0/s1. The molecule has 0 saturated carbocycles. The van der Waals surface area contributed by atoms with Crippen LogP contribution in [0.1, 0.15) is 60.0 Å². The van der Waals surface area contributed by atoms with E-state index in [9.17, 15) is 4.79 Å². The number of nitrogens with one attached hydrogen (secondary N) is 1. The highest BCUT2D eigenvalue weighted by Gasteiger charge is 2.15. The minimum Gasteiger partial charge on any atom is -0.484 e. The molecule has 2 aromatic rings. The molecule has 4 rings (SSSR count). The van der Waals surface area contributed by atoms with Crippen LogP contribution in [0.4, 0.5) is 0 Å². The Balaban J connectivity index is 1.32. The number of amides is 1. The van der Waals surface area contributed by atoms with Crippen LogP contribution in [0.15, 0.2) is 36.4 Å². The molecule has 0 bridgehead atoms. The lowest BCUT2D eigenvalue weighted by molar-refractivity contribution is -0.123. The van der Waals surface area contributed by atoms with Crippen LogP contribution < -0.4 is 10.1 Å². The normalized spacial score (nSPS) is 16.5. The Bertz CT molecular complexity index is 812. The number of ether oxygens (including phenoxy) is 1. The molecule has 26 heavy (non-hydrogen) atoms. The van der Waals surface area contributed by atoms with Crippen molar-refractivity contribution in [3.63, 3.8) is 0 Å². The average Bonchev–Trinajstić information content (AvgIpc) is 3.14. The Morgan fingerprint density at radius 1 is 0.923 bits per heavy atom. The first-order chi connectivity index (χ1) is 12.7. The zero-order valence-corrected chi connectivity index (χ0v) is 15.5. The molecule has 0 aliphatic heterocycles. The summed E-state index contributed by atoms with van der Waals surface area (Å²) in [5, 5.41) is 3.06. The molecule has 0 heterocycles. The number of benzene rings is 2. The van der Waals surface area contributed by atoms with Gasteiger partial charge in [-0.05, 0) is 91.8 Å². The van der Waals surface area contributed by atoms with Gasteiger partial charge in [-0.25, -0.2) is 0 Å². The summed E-state index contributed by atoms with van der Waals surface area (Å²) >= 11 is 0. The van der Waals surface area contributed by atoms with E-state index in [-0.39, 0.29) is 18.6 Å². The van der Waals surface area contributed by atoms with Crippen molar-refractivity contribution in [2.45, 2.75) is 57.9 Å². The smallest absolute Gasteiger partial charge is 0.258 e. The summed E-state index contributed by atoms with van der Waals surface area (Å²) in [6.07, 6.45) is 8.39. The van der Waals surface area contributed by atoms with Gasteiger partial charge in [0.15, 0.2) is 6.61 Å². The summed E-state index contributed by atoms with van der Waals surface area (Å²) in [4.78, 5) is 12.3. The summed E-state index contributed by atoms with van der Waals surface area (Å²) in [5.74, 6) is 0.724. The van der Waals surface area contributed by atoms with E-state index in [1.807, 2.05) is 13.0 Å². The molecule has 0 unspecified atom stereocenters. The maximum absolute atomic E-state index is 12.3. The van der Waals surface area contributed by atoms with Gasteiger partial charge in [0, 0.05) is 0 Å². The first-order valence-corrected chi connectivity index (χ1v) is 9.85. The molecule has 2 aliphatic rings. The Labute approximate surface area is 155 Å². The van der Waals surface area contributed by atoms with Gasteiger partial charge in [0.05, 0.1) is 6.04 Å². The fraction of sp³-hybridized carbons (Fsp3) is 0.435. The molecule has 0 radical (unpaired) electrons. The number of hydrogen-bond acceptors (Lipinski definition) is 2. The molecule has 1 atom stereocenters. The van der Waals surface area contributed by atoms with Gasteiger partial charge < -0.3 is 10.1 Å². The van der Waals surface area contributed by atoms with Crippen LogP contribution >= 0.6 is 0 Å². The molecular weight excluding hydrogens is 322 g/mol. The summed E-state index contributed by atoms with van der Waals surface area (Å²) in [5.41, 5.74) is 6.88. The van der Waals surface area contributed by atoms with Gasteiger partial charge in [0.2, 0.25) is 0 Å². The molecule has 0 aromatic heterocycles. The van der Waals surface area contributed by atoms with Crippen LogP contribution in [0, 0.1) is 0 Å². The van der Waals surface area contributed by atoms with E-state index in [0.717, 1.165) is 25.0 Å². The molecule has 1 amide bonds. The molecule has 0 spiro atoms. The largest absolute Gasteiger partial charge is 0.484 e. The van der Waals surface area contributed by atoms with Gasteiger partial charge in [0.1, 0.15) is 5.75 Å². The first kappa shape index (κ1) is 17.1. The van der Waals surface area contributed by atoms with Gasteiger partial charge >= 0.3 is 0 Å². The summed E-state index contributed by atoms with van der Waals surface area (Å²) < 4.78 is 5.73. The van der Waals surface area contributed by atoms with Crippen molar-refractivity contribution in [3.05, 3.63) is 64.2 Å². The number of fused-ring (bicyclic) bond motifs is 2. The lowest BCUT2D eigenvalue weighted by Crippen LogP contribution is -2.31. The summed E-state index contributed by atoms with van der Waals surface area (Å²) in [6.45, 7) is 2.10. The lowest BCUT2D eigenvalue weighted by atomic mass is 9.92. The second kappa shape index (κ2) is 7.53. The van der Waals surface area contributed by atoms with E-state index >= 15 is 0 Å². The fourth-order valence-corrected chi connectivity index (χ4v) is 4.18. The van der Waals surface area contributed by atoms with Crippen molar-refractivity contribution >= 4 is 5.91 Å². The summed E-state index contributed by atoms with van der Waals surface area (Å²) in [6, 6.07) is 12.8. The molecular formula is C23H27NO2. The topological polar surface area (TPSA) is 38.3 Å². The third-order valence-corrected chi connectivity index (χ3v) is 5.69. The monoisotopic (exact) mass is 349 g/mol. The zero-order chi connectivity index (χ0) is 17.9. The van der Waals surface area contributed by atoms with Crippen molar-refractivity contribution in [2.24, 2.45) is 0 Å². The Morgan fingerprint density at radius 2 is 1.58 bits per heavy atom. The third kappa shape index (κ3) is 3.77. The van der Waals surface area contributed by atoms with Gasteiger partial charge in [0.25, 0.3) is 5.91 Å². The SMILES string of the molecule is C[C@H](NC(=O)COc1ccc2c(c1)CCCC2)c1ccc2c(c1)CCC2. The Hall–Kier alpha value is -2.29. The van der Waals surface area contributed by atoms with Crippen LogP contribution in [-0.2, 0) is 30.5 Å². The second-order valence-electron chi connectivity index (χ2n) is 7.60. The number of carbonyl (C=O) groups is 1. The number of carbonyl (C=O) groups excluding carboxylic acids is 1. The van der Waals surface area contributed by atoms with Gasteiger partial charge in [-0.3, -0.25) is 4.79 Å². The van der Waals surface area contributed by atoms with E-state index in [4.69, 9.17) is 4.74 Å². The van der Waals surface area contributed by atoms with Crippen molar-refractivity contribution in [2.75, 3.05) is 6.61 Å². The maximum Gasteiger partial charge on any atom is 0.258 e. The van der Waals surface area contributed by atoms with Crippen molar-refractivity contribution < 1.29 is 9.53 Å². The van der Waals surface area contributed by atoms with Gasteiger partial charge in [-0.2, -0.15) is 0 Å². The maximum atomic E-state index is 12.3. The predicted octanol–water partition coefficient (Wildman–Crippen LogP) is 4.31. The highest BCUT2D eigenvalue weighted by molar-refractivity contribution is 5.78. The Kier molecular flexibility index (Phi) is 4.96. The van der Waals surface area contributed by atoms with Crippen LogP contribution in [0.2, 0.25) is 0 Å². The lowest BCUT2D eigenvalue weighted by Gasteiger charge is -2.18. The molecule has 3 heteroatoms. The number of rotatable bonds is 5. The van der Waals surface area contributed by atoms with Gasteiger partial charge in [-0.1, -0.05) is 24.3 Å². The van der Waals surface area contributed by atoms with Crippen LogP contribution in [-0.4, -0.2) is 12.5 Å². The fourth-order valence-electron chi connectivity index (χ4n) is 4.18. The second-order valence-corrected chi connectivity index (χ2v) is 7.60. The number of hydrogen-bond donors (Lipinski definition) is 1. The molecule has 2 aromatic carbocycles. The zero-order valence-electron chi connectivity index (χ0n) is 15.5. The van der Waals surface area contributed by atoms with E-state index in [2.05, 4.69) is 35.6 Å². The van der Waals surface area contributed by atoms with Crippen LogP contribution in [0.3, 0.4) is 0 Å². The third-order valence-electron chi connectivity index (χ3n) is 5.69. The van der Waals surface area contributed by atoms with Crippen molar-refractivity contribution in [3.8, 4) is 5.75 Å². The summed E-state index contributed by atoms with van der Waals surface area (Å²) in [7, 11) is 0. The van der Waals surface area contributed by atoms with Crippen LogP contribution in [0.25, 0.3) is 0 Å². The quantitative estimate of drug-likeness (QED) is 0.873. The van der Waals surface area contributed by atoms with E-state index in [1.54, 1.807) is 0 Å². The molecule has 2 aliphatic carbocycles. The van der Waals surface area contributed by atoms with E-state index in [1.165, 1.54) is 53.5 Å².